The molecule has 0 spiro atoms. The molecular formula is C27H27N5O2S. The van der Waals surface area contributed by atoms with E-state index in [1.165, 1.54) is 29.8 Å². The Morgan fingerprint density at radius 1 is 0.971 bits per heavy atom. The van der Waals surface area contributed by atoms with Crippen molar-refractivity contribution in [3.63, 3.8) is 0 Å². The third-order valence-corrected chi connectivity index (χ3v) is 6.56. The zero-order valence-electron chi connectivity index (χ0n) is 20.0. The van der Waals surface area contributed by atoms with E-state index in [0.29, 0.717) is 22.2 Å². The van der Waals surface area contributed by atoms with Crippen LogP contribution in [0.4, 0.5) is 5.69 Å². The molecule has 2 heterocycles. The third kappa shape index (κ3) is 5.49. The number of nitrogens with one attached hydrogen (secondary N) is 1. The molecule has 0 aliphatic carbocycles. The van der Waals surface area contributed by atoms with Crippen molar-refractivity contribution in [3.8, 4) is 17.1 Å². The molecule has 4 aromatic rings. The standard InChI is InChI=1S/C27H27N5O2S/c1-4-19-9-6-10-20(5-2)25(19)32-26(22-12-8-14-28-16-22)30-31-27(32)35-17-24(34)29-23-13-7-11-21(15-23)18(3)33/h6-16H,4-5,17H2,1-3H3,(H,29,34). The summed E-state index contributed by atoms with van der Waals surface area (Å²) in [5.74, 6) is 0.594. The first kappa shape index (κ1) is 24.3. The van der Waals surface area contributed by atoms with Crippen molar-refractivity contribution < 1.29 is 9.59 Å². The lowest BCUT2D eigenvalue weighted by atomic mass is 10.0. The maximum atomic E-state index is 12.8. The fourth-order valence-corrected chi connectivity index (χ4v) is 4.63. The van der Waals surface area contributed by atoms with Crippen molar-refractivity contribution in [2.75, 3.05) is 11.1 Å². The highest BCUT2D eigenvalue weighted by Crippen LogP contribution is 2.32. The van der Waals surface area contributed by atoms with Crippen molar-refractivity contribution in [1.82, 2.24) is 19.7 Å². The molecule has 0 aliphatic heterocycles. The van der Waals surface area contributed by atoms with Crippen LogP contribution in [0.1, 0.15) is 42.3 Å². The van der Waals surface area contributed by atoms with Gasteiger partial charge in [-0.1, -0.05) is 55.9 Å². The molecule has 0 fully saturated rings. The molecule has 1 amide bonds. The van der Waals surface area contributed by atoms with Crippen LogP contribution in [-0.2, 0) is 17.6 Å². The van der Waals surface area contributed by atoms with Gasteiger partial charge in [0, 0.05) is 29.2 Å². The molecule has 35 heavy (non-hydrogen) atoms. The molecule has 2 aromatic carbocycles. The molecule has 0 atom stereocenters. The minimum atomic E-state index is -0.187. The van der Waals surface area contributed by atoms with Crippen molar-refractivity contribution in [2.45, 2.75) is 38.8 Å². The van der Waals surface area contributed by atoms with Gasteiger partial charge in [0.25, 0.3) is 0 Å². The van der Waals surface area contributed by atoms with Gasteiger partial charge in [-0.25, -0.2) is 0 Å². The first-order valence-corrected chi connectivity index (χ1v) is 12.5. The van der Waals surface area contributed by atoms with Crippen LogP contribution in [0.25, 0.3) is 17.1 Å². The Balaban J connectivity index is 1.67. The van der Waals surface area contributed by atoms with E-state index >= 15 is 0 Å². The highest BCUT2D eigenvalue weighted by Gasteiger charge is 2.21. The van der Waals surface area contributed by atoms with E-state index in [1.54, 1.807) is 36.7 Å². The Morgan fingerprint density at radius 2 is 1.71 bits per heavy atom. The summed E-state index contributed by atoms with van der Waals surface area (Å²) in [5, 5.41) is 12.5. The van der Waals surface area contributed by atoms with Gasteiger partial charge in [-0.2, -0.15) is 0 Å². The summed E-state index contributed by atoms with van der Waals surface area (Å²) in [6.07, 6.45) is 5.20. The quantitative estimate of drug-likeness (QED) is 0.253. The summed E-state index contributed by atoms with van der Waals surface area (Å²) >= 11 is 1.32. The van der Waals surface area contributed by atoms with E-state index in [2.05, 4.69) is 52.5 Å². The topological polar surface area (TPSA) is 89.8 Å². The van der Waals surface area contributed by atoms with Gasteiger partial charge in [0.15, 0.2) is 16.8 Å². The Hall–Kier alpha value is -3.78. The van der Waals surface area contributed by atoms with Gasteiger partial charge in [-0.15, -0.1) is 10.2 Å². The number of hydrogen-bond donors (Lipinski definition) is 1. The molecule has 1 N–H and O–H groups in total. The number of ketones is 1. The predicted molar refractivity (Wildman–Crippen MR) is 139 cm³/mol. The average Bonchev–Trinajstić information content (AvgIpc) is 3.31. The fourth-order valence-electron chi connectivity index (χ4n) is 3.89. The smallest absolute Gasteiger partial charge is 0.234 e. The lowest BCUT2D eigenvalue weighted by Gasteiger charge is -2.18. The second-order valence-corrected chi connectivity index (χ2v) is 8.93. The summed E-state index contributed by atoms with van der Waals surface area (Å²) in [4.78, 5) is 28.7. The Kier molecular flexibility index (Phi) is 7.72. The Bertz CT molecular complexity index is 1330. The molecule has 4 rings (SSSR count). The van der Waals surface area contributed by atoms with Gasteiger partial charge in [-0.3, -0.25) is 19.1 Å². The first-order chi connectivity index (χ1) is 17.0. The molecule has 0 saturated heterocycles. The normalized spacial score (nSPS) is 10.8. The largest absolute Gasteiger partial charge is 0.325 e. The van der Waals surface area contributed by atoms with Crippen LogP contribution in [0.2, 0.25) is 0 Å². The third-order valence-electron chi connectivity index (χ3n) is 5.63. The van der Waals surface area contributed by atoms with Gasteiger partial charge >= 0.3 is 0 Å². The minimum Gasteiger partial charge on any atom is -0.325 e. The first-order valence-electron chi connectivity index (χ1n) is 11.5. The molecule has 2 aromatic heterocycles. The molecule has 0 bridgehead atoms. The lowest BCUT2D eigenvalue weighted by Crippen LogP contribution is -2.15. The van der Waals surface area contributed by atoms with Gasteiger partial charge in [0.2, 0.25) is 5.91 Å². The van der Waals surface area contributed by atoms with E-state index in [0.717, 1.165) is 24.1 Å². The number of nitrogens with zero attached hydrogens (tertiary/aromatic N) is 4. The van der Waals surface area contributed by atoms with Crippen molar-refractivity contribution >= 4 is 29.1 Å². The molecular weight excluding hydrogens is 458 g/mol. The number of rotatable bonds is 9. The van der Waals surface area contributed by atoms with Crippen LogP contribution >= 0.6 is 11.8 Å². The Labute approximate surface area is 209 Å². The predicted octanol–water partition coefficient (Wildman–Crippen LogP) is 5.39. The molecule has 7 nitrogen and oxygen atoms in total. The number of para-hydroxylation sites is 1. The summed E-state index contributed by atoms with van der Waals surface area (Å²) in [6.45, 7) is 5.76. The summed E-state index contributed by atoms with van der Waals surface area (Å²) in [5.41, 5.74) is 5.41. The van der Waals surface area contributed by atoms with Crippen LogP contribution in [-0.4, -0.2) is 37.2 Å². The van der Waals surface area contributed by atoms with Gasteiger partial charge in [-0.05, 0) is 55.2 Å². The second kappa shape index (κ2) is 11.1. The maximum Gasteiger partial charge on any atom is 0.234 e. The number of aromatic nitrogens is 4. The van der Waals surface area contributed by atoms with Crippen LogP contribution in [0, 0.1) is 0 Å². The number of amides is 1. The molecule has 0 saturated carbocycles. The highest BCUT2D eigenvalue weighted by molar-refractivity contribution is 7.99. The van der Waals surface area contributed by atoms with E-state index in [-0.39, 0.29) is 17.4 Å². The molecule has 0 aliphatic rings. The number of anilines is 1. The van der Waals surface area contributed by atoms with E-state index < -0.39 is 0 Å². The zero-order valence-corrected chi connectivity index (χ0v) is 20.8. The lowest BCUT2D eigenvalue weighted by molar-refractivity contribution is -0.113. The van der Waals surface area contributed by atoms with Crippen LogP contribution in [0.15, 0.2) is 72.1 Å². The molecule has 0 radical (unpaired) electrons. The monoisotopic (exact) mass is 485 g/mol. The van der Waals surface area contributed by atoms with Crippen molar-refractivity contribution in [3.05, 3.63) is 83.7 Å². The fraction of sp³-hybridized carbons (Fsp3) is 0.222. The number of carbonyl (C=O) groups excluding carboxylic acids is 2. The number of Topliss-reactive ketones (excluding diaryl/α,β-unsaturated/α-hetero) is 1. The summed E-state index contributed by atoms with van der Waals surface area (Å²) in [7, 11) is 0. The van der Waals surface area contributed by atoms with Crippen LogP contribution in [0.3, 0.4) is 0 Å². The summed E-state index contributed by atoms with van der Waals surface area (Å²) in [6, 6.07) is 17.1. The number of benzene rings is 2. The number of thioether (sulfide) groups is 1. The second-order valence-electron chi connectivity index (χ2n) is 7.99. The van der Waals surface area contributed by atoms with Gasteiger partial charge < -0.3 is 5.32 Å². The number of hydrogen-bond acceptors (Lipinski definition) is 6. The van der Waals surface area contributed by atoms with Crippen LogP contribution in [0.5, 0.6) is 0 Å². The Morgan fingerprint density at radius 3 is 2.37 bits per heavy atom. The van der Waals surface area contributed by atoms with Crippen molar-refractivity contribution in [2.24, 2.45) is 0 Å². The highest BCUT2D eigenvalue weighted by atomic mass is 32.2. The number of carbonyl (C=O) groups is 2. The number of pyridine rings is 1. The van der Waals surface area contributed by atoms with Gasteiger partial charge in [0.05, 0.1) is 11.4 Å². The minimum absolute atomic E-state index is 0.0483. The van der Waals surface area contributed by atoms with Crippen molar-refractivity contribution in [1.29, 1.82) is 0 Å². The summed E-state index contributed by atoms with van der Waals surface area (Å²) < 4.78 is 2.04. The molecule has 0 unspecified atom stereocenters. The molecule has 8 heteroatoms. The van der Waals surface area contributed by atoms with E-state index in [9.17, 15) is 9.59 Å². The average molecular weight is 486 g/mol. The zero-order chi connectivity index (χ0) is 24.8. The maximum absolute atomic E-state index is 12.8. The van der Waals surface area contributed by atoms with Crippen LogP contribution < -0.4 is 5.32 Å². The van der Waals surface area contributed by atoms with E-state index in [4.69, 9.17) is 0 Å². The number of aryl methyl sites for hydroxylation is 2. The van der Waals surface area contributed by atoms with Gasteiger partial charge in [0.1, 0.15) is 0 Å². The molecule has 178 valence electrons. The SMILES string of the molecule is CCc1cccc(CC)c1-n1c(SCC(=O)Nc2cccc(C(C)=O)c2)nnc1-c1cccnc1. The van der Waals surface area contributed by atoms with E-state index in [1.807, 2.05) is 16.7 Å².